The molecule has 0 amide bonds. The molecule has 0 saturated heterocycles. The van der Waals surface area contributed by atoms with Gasteiger partial charge in [-0.25, -0.2) is 0 Å². The van der Waals surface area contributed by atoms with Gasteiger partial charge in [-0.05, 0) is 26.0 Å². The number of rotatable bonds is 5. The summed E-state index contributed by atoms with van der Waals surface area (Å²) in [4.78, 5) is 12.7. The van der Waals surface area contributed by atoms with E-state index in [9.17, 15) is 4.79 Å². The lowest BCUT2D eigenvalue weighted by atomic mass is 10.00. The van der Waals surface area contributed by atoms with Gasteiger partial charge in [0.05, 0.1) is 9.94 Å². The van der Waals surface area contributed by atoms with E-state index in [1.54, 1.807) is 7.11 Å². The van der Waals surface area contributed by atoms with Crippen LogP contribution in [-0.4, -0.2) is 18.5 Å². The molecule has 0 saturated carbocycles. The topological polar surface area (TPSA) is 26.3 Å². The fourth-order valence-corrected chi connectivity index (χ4v) is 2.37. The quantitative estimate of drug-likeness (QED) is 0.797. The minimum atomic E-state index is -0.377. The predicted molar refractivity (Wildman–Crippen MR) is 63.7 cm³/mol. The second kappa shape index (κ2) is 5.10. The van der Waals surface area contributed by atoms with Gasteiger partial charge in [0.25, 0.3) is 0 Å². The number of halogens is 1. The van der Waals surface area contributed by atoms with Crippen molar-refractivity contribution < 1.29 is 9.53 Å². The first-order valence-corrected chi connectivity index (χ1v) is 5.93. The van der Waals surface area contributed by atoms with Gasteiger partial charge in [0, 0.05) is 24.8 Å². The fourth-order valence-electron chi connectivity index (χ4n) is 1.25. The summed E-state index contributed by atoms with van der Waals surface area (Å²) >= 11 is 7.24. The minimum Gasteiger partial charge on any atom is -0.378 e. The number of thiophene rings is 1. The van der Waals surface area contributed by atoms with Crippen LogP contribution in [0.3, 0.4) is 0 Å². The van der Waals surface area contributed by atoms with Gasteiger partial charge in [-0.2, -0.15) is 0 Å². The summed E-state index contributed by atoms with van der Waals surface area (Å²) < 4.78 is 5.93. The number of methoxy groups -OCH3 is 1. The molecule has 15 heavy (non-hydrogen) atoms. The third-order valence-corrected chi connectivity index (χ3v) is 3.41. The first-order valence-electron chi connectivity index (χ1n) is 4.74. The van der Waals surface area contributed by atoms with Crippen LogP contribution < -0.4 is 0 Å². The zero-order valence-electron chi connectivity index (χ0n) is 9.17. The second-order valence-corrected chi connectivity index (χ2v) is 5.86. The van der Waals surface area contributed by atoms with Crippen molar-refractivity contribution in [1.29, 1.82) is 0 Å². The number of hydrogen-bond donors (Lipinski definition) is 0. The monoisotopic (exact) mass is 246 g/mol. The fraction of sp³-hybridized carbons (Fsp3) is 0.545. The molecule has 0 aliphatic carbocycles. The molecule has 0 aliphatic rings. The van der Waals surface area contributed by atoms with Gasteiger partial charge in [-0.15, -0.1) is 11.3 Å². The molecule has 2 nitrogen and oxygen atoms in total. The number of carbonyl (C=O) groups is 1. The molecule has 0 radical (unpaired) electrons. The highest BCUT2D eigenvalue weighted by Crippen LogP contribution is 2.23. The van der Waals surface area contributed by atoms with Gasteiger partial charge in [0.2, 0.25) is 0 Å². The molecule has 0 atom stereocenters. The van der Waals surface area contributed by atoms with Crippen LogP contribution in [0, 0.1) is 0 Å². The zero-order valence-corrected chi connectivity index (χ0v) is 10.7. The number of Topliss-reactive ketones (excluding diaryl/α,β-unsaturated/α-hetero) is 1. The molecule has 0 fully saturated rings. The molecule has 1 aromatic heterocycles. The first-order chi connectivity index (χ1) is 6.93. The Morgan fingerprint density at radius 2 is 2.20 bits per heavy atom. The van der Waals surface area contributed by atoms with E-state index in [1.165, 1.54) is 11.3 Å². The van der Waals surface area contributed by atoms with Crippen molar-refractivity contribution >= 4 is 28.7 Å². The largest absolute Gasteiger partial charge is 0.378 e. The molecule has 84 valence electrons. The first kappa shape index (κ1) is 12.7. The van der Waals surface area contributed by atoms with Crippen LogP contribution in [0.25, 0.3) is 0 Å². The molecular formula is C11H15ClO2S. The molecular weight excluding hydrogens is 232 g/mol. The third-order valence-electron chi connectivity index (χ3n) is 2.18. The number of ether oxygens (including phenoxy) is 1. The third kappa shape index (κ3) is 4.33. The lowest BCUT2D eigenvalue weighted by Crippen LogP contribution is -2.26. The highest BCUT2D eigenvalue weighted by atomic mass is 35.5. The Balaban J connectivity index is 2.50. The Hall–Kier alpha value is -0.380. The van der Waals surface area contributed by atoms with E-state index in [2.05, 4.69) is 0 Å². The van der Waals surface area contributed by atoms with Crippen molar-refractivity contribution in [3.05, 3.63) is 21.3 Å². The molecule has 0 unspecified atom stereocenters. The van der Waals surface area contributed by atoms with E-state index >= 15 is 0 Å². The van der Waals surface area contributed by atoms with Crippen molar-refractivity contribution in [2.24, 2.45) is 0 Å². The number of ketones is 1. The summed E-state index contributed by atoms with van der Waals surface area (Å²) in [5, 5.41) is 0. The molecule has 0 aromatic carbocycles. The lowest BCUT2D eigenvalue weighted by Gasteiger charge is -2.21. The van der Waals surface area contributed by atoms with Crippen LogP contribution in [0.2, 0.25) is 4.34 Å². The van der Waals surface area contributed by atoms with Crippen molar-refractivity contribution in [3.8, 4) is 0 Å². The van der Waals surface area contributed by atoms with Crippen LogP contribution in [0.1, 0.15) is 25.1 Å². The summed E-state index contributed by atoms with van der Waals surface area (Å²) in [6, 6.07) is 3.71. The Bertz CT molecular complexity index is 344. The van der Waals surface area contributed by atoms with E-state index in [4.69, 9.17) is 16.3 Å². The average molecular weight is 247 g/mol. The summed E-state index contributed by atoms with van der Waals surface area (Å²) in [7, 11) is 1.62. The predicted octanol–water partition coefficient (Wildman–Crippen LogP) is 3.33. The molecule has 0 bridgehead atoms. The minimum absolute atomic E-state index is 0.181. The van der Waals surface area contributed by atoms with E-state index in [0.29, 0.717) is 12.8 Å². The van der Waals surface area contributed by atoms with Crippen molar-refractivity contribution in [3.63, 3.8) is 0 Å². The molecule has 1 heterocycles. The Morgan fingerprint density at radius 1 is 1.53 bits per heavy atom. The highest BCUT2D eigenvalue weighted by molar-refractivity contribution is 7.16. The SMILES string of the molecule is COC(C)(C)CC(=O)Cc1ccc(Cl)s1. The van der Waals surface area contributed by atoms with Crippen molar-refractivity contribution in [1.82, 2.24) is 0 Å². The molecule has 0 N–H and O–H groups in total. The normalized spacial score (nSPS) is 11.7. The Morgan fingerprint density at radius 3 is 2.67 bits per heavy atom. The van der Waals surface area contributed by atoms with E-state index < -0.39 is 0 Å². The summed E-state index contributed by atoms with van der Waals surface area (Å²) in [6.45, 7) is 3.82. The second-order valence-electron chi connectivity index (χ2n) is 4.06. The maximum absolute atomic E-state index is 11.7. The maximum atomic E-state index is 11.7. The molecule has 0 aliphatic heterocycles. The van der Waals surface area contributed by atoms with Crippen LogP contribution in [-0.2, 0) is 16.0 Å². The van der Waals surface area contributed by atoms with Crippen LogP contribution in [0.4, 0.5) is 0 Å². The molecule has 1 rings (SSSR count). The van der Waals surface area contributed by atoms with Gasteiger partial charge < -0.3 is 4.74 Å². The van der Waals surface area contributed by atoms with Gasteiger partial charge >= 0.3 is 0 Å². The van der Waals surface area contributed by atoms with Crippen LogP contribution in [0.5, 0.6) is 0 Å². The summed E-state index contributed by atoms with van der Waals surface area (Å²) in [6.07, 6.45) is 0.878. The number of hydrogen-bond acceptors (Lipinski definition) is 3. The van der Waals surface area contributed by atoms with Gasteiger partial charge in [-0.3, -0.25) is 4.79 Å². The summed E-state index contributed by atoms with van der Waals surface area (Å²) in [5.41, 5.74) is -0.377. The molecule has 0 spiro atoms. The lowest BCUT2D eigenvalue weighted by molar-refractivity contribution is -0.123. The Labute approximate surface area is 99.2 Å². The average Bonchev–Trinajstić information content (AvgIpc) is 2.50. The standard InChI is InChI=1S/C11H15ClO2S/c1-11(2,14-3)7-8(13)6-9-4-5-10(12)15-9/h4-5H,6-7H2,1-3H3. The van der Waals surface area contributed by atoms with Crippen molar-refractivity contribution in [2.75, 3.05) is 7.11 Å². The van der Waals surface area contributed by atoms with Gasteiger partial charge in [0.1, 0.15) is 5.78 Å². The van der Waals surface area contributed by atoms with Crippen LogP contribution >= 0.6 is 22.9 Å². The van der Waals surface area contributed by atoms with Crippen LogP contribution in [0.15, 0.2) is 12.1 Å². The van der Waals surface area contributed by atoms with Gasteiger partial charge in [0.15, 0.2) is 0 Å². The Kier molecular flexibility index (Phi) is 4.32. The van der Waals surface area contributed by atoms with Crippen molar-refractivity contribution in [2.45, 2.75) is 32.3 Å². The van der Waals surface area contributed by atoms with E-state index in [1.807, 2.05) is 26.0 Å². The van der Waals surface area contributed by atoms with Gasteiger partial charge in [-0.1, -0.05) is 11.6 Å². The molecule has 1 aromatic rings. The van der Waals surface area contributed by atoms with E-state index in [-0.39, 0.29) is 11.4 Å². The zero-order chi connectivity index (χ0) is 11.5. The maximum Gasteiger partial charge on any atom is 0.140 e. The molecule has 4 heteroatoms. The number of carbonyl (C=O) groups excluding carboxylic acids is 1. The highest BCUT2D eigenvalue weighted by Gasteiger charge is 2.21. The van der Waals surface area contributed by atoms with E-state index in [0.717, 1.165) is 9.21 Å². The smallest absolute Gasteiger partial charge is 0.140 e. The summed E-state index contributed by atoms with van der Waals surface area (Å²) in [5.74, 6) is 0.181.